The molecule has 0 fully saturated rings. The molecule has 0 aliphatic carbocycles. The Hall–Kier alpha value is -2.04. The van der Waals surface area contributed by atoms with Crippen LogP contribution in [0, 0.1) is 0 Å². The molecule has 0 aliphatic rings. The minimum atomic E-state index is -0.527. The van der Waals surface area contributed by atoms with Gasteiger partial charge in [0.25, 0.3) is 0 Å². The second kappa shape index (κ2) is 3.37. The minimum absolute atomic E-state index is 0.385. The molecule has 0 aliphatic heterocycles. The molecule has 14 heavy (non-hydrogen) atoms. The molecule has 2 aromatic rings. The van der Waals surface area contributed by atoms with Gasteiger partial charge in [0.2, 0.25) is 0 Å². The number of rotatable bonds is 1. The number of carbonyl (C=O) groups excluding carboxylic acids is 1. The normalized spacial score (nSPS) is 10.1. The zero-order chi connectivity index (χ0) is 9.97. The van der Waals surface area contributed by atoms with Gasteiger partial charge in [0.15, 0.2) is 23.2 Å². The molecule has 0 radical (unpaired) electrons. The highest BCUT2D eigenvalue weighted by atomic mass is 16.6. The van der Waals surface area contributed by atoms with Crippen molar-refractivity contribution >= 4 is 17.2 Å². The van der Waals surface area contributed by atoms with Gasteiger partial charge in [-0.3, -0.25) is 0 Å². The first-order chi connectivity index (χ1) is 6.81. The third-order valence-electron chi connectivity index (χ3n) is 1.73. The Bertz CT molecular complexity index is 464. The van der Waals surface area contributed by atoms with Crippen LogP contribution < -0.4 is 10.1 Å². The van der Waals surface area contributed by atoms with Gasteiger partial charge in [0, 0.05) is 7.05 Å². The van der Waals surface area contributed by atoms with Crippen LogP contribution in [0.1, 0.15) is 0 Å². The molecule has 1 N–H and O–H groups in total. The molecule has 2 rings (SSSR count). The summed E-state index contributed by atoms with van der Waals surface area (Å²) < 4.78 is 10.0. The van der Waals surface area contributed by atoms with Crippen molar-refractivity contribution in [3.63, 3.8) is 0 Å². The number of para-hydroxylation sites is 1. The van der Waals surface area contributed by atoms with Crippen molar-refractivity contribution in [1.29, 1.82) is 0 Å². The second-order valence-corrected chi connectivity index (χ2v) is 2.59. The van der Waals surface area contributed by atoms with Gasteiger partial charge in [-0.1, -0.05) is 6.07 Å². The summed E-state index contributed by atoms with van der Waals surface area (Å²) in [6, 6.07) is 5.13. The van der Waals surface area contributed by atoms with Gasteiger partial charge in [-0.25, -0.2) is 9.78 Å². The van der Waals surface area contributed by atoms with E-state index in [0.717, 1.165) is 0 Å². The van der Waals surface area contributed by atoms with Gasteiger partial charge in [0.1, 0.15) is 0 Å². The maximum Gasteiger partial charge on any atom is 0.412 e. The highest BCUT2D eigenvalue weighted by molar-refractivity contribution is 5.82. The molecular weight excluding hydrogens is 184 g/mol. The molecule has 0 bridgehead atoms. The van der Waals surface area contributed by atoms with E-state index in [9.17, 15) is 4.79 Å². The van der Waals surface area contributed by atoms with E-state index in [0.29, 0.717) is 16.8 Å². The molecule has 1 heterocycles. The Morgan fingerprint density at radius 3 is 3.21 bits per heavy atom. The number of hydrogen-bond acceptors (Lipinski definition) is 4. The summed E-state index contributed by atoms with van der Waals surface area (Å²) in [5.74, 6) is 0.385. The van der Waals surface area contributed by atoms with E-state index < -0.39 is 6.09 Å². The Balaban J connectivity index is 2.41. The Morgan fingerprint density at radius 2 is 2.43 bits per heavy atom. The van der Waals surface area contributed by atoms with Gasteiger partial charge in [-0.05, 0) is 12.1 Å². The summed E-state index contributed by atoms with van der Waals surface area (Å²) in [4.78, 5) is 14.9. The van der Waals surface area contributed by atoms with Crippen LogP contribution in [-0.2, 0) is 0 Å². The molecule has 1 aromatic carbocycles. The van der Waals surface area contributed by atoms with Crippen LogP contribution in [0.4, 0.5) is 4.79 Å². The van der Waals surface area contributed by atoms with Crippen molar-refractivity contribution in [2.24, 2.45) is 0 Å². The average molecular weight is 192 g/mol. The number of carbonyl (C=O) groups is 1. The topological polar surface area (TPSA) is 64.4 Å². The van der Waals surface area contributed by atoms with Gasteiger partial charge in [-0.15, -0.1) is 0 Å². The number of hydrogen-bond donors (Lipinski definition) is 1. The largest absolute Gasteiger partial charge is 0.443 e. The van der Waals surface area contributed by atoms with Gasteiger partial charge >= 0.3 is 6.09 Å². The first kappa shape index (κ1) is 8.55. The van der Waals surface area contributed by atoms with Crippen LogP contribution in [0.25, 0.3) is 11.1 Å². The molecule has 72 valence electrons. The van der Waals surface area contributed by atoms with Crippen LogP contribution in [-0.4, -0.2) is 18.1 Å². The van der Waals surface area contributed by atoms with E-state index in [1.165, 1.54) is 13.4 Å². The molecule has 0 atom stereocenters. The second-order valence-electron chi connectivity index (χ2n) is 2.59. The van der Waals surface area contributed by atoms with Crippen LogP contribution in [0.3, 0.4) is 0 Å². The molecule has 1 amide bonds. The number of fused-ring (bicyclic) bond motifs is 1. The lowest BCUT2D eigenvalue weighted by Gasteiger charge is -2.02. The van der Waals surface area contributed by atoms with Crippen molar-refractivity contribution in [3.8, 4) is 5.75 Å². The van der Waals surface area contributed by atoms with Crippen molar-refractivity contribution in [1.82, 2.24) is 10.3 Å². The van der Waals surface area contributed by atoms with E-state index >= 15 is 0 Å². The first-order valence-electron chi connectivity index (χ1n) is 4.03. The SMILES string of the molecule is CNC(=O)Oc1cccc2ocnc12. The summed E-state index contributed by atoms with van der Waals surface area (Å²) in [5, 5.41) is 2.35. The number of benzene rings is 1. The number of nitrogens with one attached hydrogen (secondary N) is 1. The van der Waals surface area contributed by atoms with Crippen LogP contribution in [0.5, 0.6) is 5.75 Å². The Morgan fingerprint density at radius 1 is 1.57 bits per heavy atom. The maximum atomic E-state index is 11.0. The van der Waals surface area contributed by atoms with Crippen molar-refractivity contribution in [3.05, 3.63) is 24.6 Å². The quantitative estimate of drug-likeness (QED) is 0.744. The highest BCUT2D eigenvalue weighted by Gasteiger charge is 2.08. The van der Waals surface area contributed by atoms with Crippen LogP contribution in [0.2, 0.25) is 0 Å². The van der Waals surface area contributed by atoms with Crippen LogP contribution >= 0.6 is 0 Å². The van der Waals surface area contributed by atoms with Gasteiger partial charge < -0.3 is 14.5 Å². The molecule has 0 spiro atoms. The summed E-state index contributed by atoms with van der Waals surface area (Å²) in [6.07, 6.45) is 0.780. The standard InChI is InChI=1S/C9H8N2O3/c1-10-9(12)14-7-4-2-3-6-8(7)11-5-13-6/h2-5H,1H3,(H,10,12). The number of oxazole rings is 1. The number of ether oxygens (including phenoxy) is 1. The monoisotopic (exact) mass is 192 g/mol. The van der Waals surface area contributed by atoms with E-state index in [1.807, 2.05) is 0 Å². The predicted octanol–water partition coefficient (Wildman–Crippen LogP) is 1.55. The maximum absolute atomic E-state index is 11.0. The lowest BCUT2D eigenvalue weighted by atomic mass is 10.3. The van der Waals surface area contributed by atoms with E-state index in [4.69, 9.17) is 9.15 Å². The molecular formula is C9H8N2O3. The lowest BCUT2D eigenvalue weighted by molar-refractivity contribution is 0.203. The van der Waals surface area contributed by atoms with E-state index in [-0.39, 0.29) is 0 Å². The smallest absolute Gasteiger partial charge is 0.412 e. The number of nitrogens with zero attached hydrogens (tertiary/aromatic N) is 1. The third kappa shape index (κ3) is 1.39. The molecule has 5 nitrogen and oxygen atoms in total. The highest BCUT2D eigenvalue weighted by Crippen LogP contribution is 2.23. The molecule has 1 aromatic heterocycles. The van der Waals surface area contributed by atoms with Gasteiger partial charge in [0.05, 0.1) is 0 Å². The molecule has 5 heteroatoms. The fourth-order valence-corrected chi connectivity index (χ4v) is 1.09. The molecule has 0 unspecified atom stereocenters. The van der Waals surface area contributed by atoms with Gasteiger partial charge in [-0.2, -0.15) is 0 Å². The van der Waals surface area contributed by atoms with Crippen molar-refractivity contribution < 1.29 is 13.9 Å². The predicted molar refractivity (Wildman–Crippen MR) is 49.1 cm³/mol. The fourth-order valence-electron chi connectivity index (χ4n) is 1.09. The van der Waals surface area contributed by atoms with Crippen molar-refractivity contribution in [2.45, 2.75) is 0 Å². The Kier molecular flexibility index (Phi) is 2.06. The molecule has 0 saturated carbocycles. The summed E-state index contributed by atoms with van der Waals surface area (Å²) >= 11 is 0. The van der Waals surface area contributed by atoms with E-state index in [1.54, 1.807) is 18.2 Å². The zero-order valence-corrected chi connectivity index (χ0v) is 7.48. The van der Waals surface area contributed by atoms with Crippen LogP contribution in [0.15, 0.2) is 29.0 Å². The molecule has 0 saturated heterocycles. The summed E-state index contributed by atoms with van der Waals surface area (Å²) in [7, 11) is 1.49. The van der Waals surface area contributed by atoms with Crippen molar-refractivity contribution in [2.75, 3.05) is 7.05 Å². The number of aromatic nitrogens is 1. The fraction of sp³-hybridized carbons (Fsp3) is 0.111. The first-order valence-corrected chi connectivity index (χ1v) is 4.03. The third-order valence-corrected chi connectivity index (χ3v) is 1.73. The lowest BCUT2D eigenvalue weighted by Crippen LogP contribution is -2.22. The zero-order valence-electron chi connectivity index (χ0n) is 7.48. The Labute approximate surface area is 79.7 Å². The summed E-state index contributed by atoms with van der Waals surface area (Å²) in [5.41, 5.74) is 1.13. The number of amides is 1. The average Bonchev–Trinajstić information content (AvgIpc) is 2.66. The van der Waals surface area contributed by atoms with E-state index in [2.05, 4.69) is 10.3 Å². The minimum Gasteiger partial charge on any atom is -0.443 e. The summed E-state index contributed by atoms with van der Waals surface area (Å²) in [6.45, 7) is 0.